The highest BCUT2D eigenvalue weighted by Crippen LogP contribution is 2.48. The summed E-state index contributed by atoms with van der Waals surface area (Å²) in [6, 6.07) is 19.9. The molecule has 0 bridgehead atoms. The number of aliphatic hydroxyl groups excluding tert-OH is 1. The molecule has 0 heterocycles. The minimum absolute atomic E-state index is 0.0512. The highest BCUT2D eigenvalue weighted by molar-refractivity contribution is 5.87. The van der Waals surface area contributed by atoms with Crippen LogP contribution in [-0.2, 0) is 23.7 Å². The summed E-state index contributed by atoms with van der Waals surface area (Å²) in [5.74, 6) is -0.941. The average Bonchev–Trinajstić information content (AvgIpc) is 2.85. The molecule has 0 saturated heterocycles. The molecular formula is C33H38O3. The van der Waals surface area contributed by atoms with E-state index in [1.165, 1.54) is 27.8 Å². The smallest absolute Gasteiger partial charge is 0.335 e. The summed E-state index contributed by atoms with van der Waals surface area (Å²) in [4.78, 5) is 11.1. The van der Waals surface area contributed by atoms with Gasteiger partial charge in [-0.05, 0) is 89.0 Å². The van der Waals surface area contributed by atoms with Gasteiger partial charge in [0, 0.05) is 0 Å². The van der Waals surface area contributed by atoms with Gasteiger partial charge in [0.2, 0.25) is 0 Å². The molecule has 1 unspecified atom stereocenters. The first-order valence-electron chi connectivity index (χ1n) is 12.9. The van der Waals surface area contributed by atoms with Crippen LogP contribution in [0.25, 0.3) is 6.08 Å². The van der Waals surface area contributed by atoms with Crippen LogP contribution in [0.2, 0.25) is 0 Å². The number of aryl methyl sites for hydroxylation is 3. The molecule has 3 aromatic rings. The zero-order valence-corrected chi connectivity index (χ0v) is 22.1. The van der Waals surface area contributed by atoms with Gasteiger partial charge in [-0.3, -0.25) is 0 Å². The van der Waals surface area contributed by atoms with E-state index in [0.29, 0.717) is 0 Å². The van der Waals surface area contributed by atoms with Gasteiger partial charge in [0.15, 0.2) is 0 Å². The average molecular weight is 483 g/mol. The van der Waals surface area contributed by atoms with E-state index in [0.717, 1.165) is 36.8 Å². The third-order valence-corrected chi connectivity index (χ3v) is 7.80. The van der Waals surface area contributed by atoms with Crippen molar-refractivity contribution in [3.05, 3.63) is 111 Å². The Bertz CT molecular complexity index is 1260. The topological polar surface area (TPSA) is 57.5 Å². The molecule has 0 fully saturated rings. The molecule has 0 spiro atoms. The Morgan fingerprint density at radius 1 is 0.917 bits per heavy atom. The van der Waals surface area contributed by atoms with E-state index >= 15 is 0 Å². The Morgan fingerprint density at radius 2 is 1.56 bits per heavy atom. The van der Waals surface area contributed by atoms with Gasteiger partial charge in [-0.2, -0.15) is 0 Å². The number of aromatic carboxylic acids is 1. The van der Waals surface area contributed by atoms with Crippen molar-refractivity contribution in [3.63, 3.8) is 0 Å². The summed E-state index contributed by atoms with van der Waals surface area (Å²) in [6.45, 7) is 11.5. The lowest BCUT2D eigenvalue weighted by molar-refractivity contribution is 0.0697. The molecule has 3 aromatic carbocycles. The monoisotopic (exact) mass is 482 g/mol. The summed E-state index contributed by atoms with van der Waals surface area (Å²) < 4.78 is 0. The maximum Gasteiger partial charge on any atom is 0.335 e. The third-order valence-electron chi connectivity index (χ3n) is 7.80. The molecule has 1 atom stereocenters. The second kappa shape index (κ2) is 10.1. The number of aliphatic hydroxyl groups is 1. The normalized spacial score (nSPS) is 17.1. The van der Waals surface area contributed by atoms with Crippen LogP contribution in [0, 0.1) is 6.92 Å². The number of hydrogen-bond acceptors (Lipinski definition) is 2. The second-order valence-corrected chi connectivity index (χ2v) is 11.6. The van der Waals surface area contributed by atoms with Gasteiger partial charge in [-0.25, -0.2) is 4.79 Å². The van der Waals surface area contributed by atoms with E-state index in [9.17, 15) is 9.90 Å². The Hall–Kier alpha value is -3.17. The van der Waals surface area contributed by atoms with Crippen LogP contribution >= 0.6 is 0 Å². The van der Waals surface area contributed by atoms with E-state index in [-0.39, 0.29) is 16.4 Å². The quantitative estimate of drug-likeness (QED) is 0.365. The zero-order chi connectivity index (χ0) is 26.1. The van der Waals surface area contributed by atoms with Crippen molar-refractivity contribution in [3.8, 4) is 0 Å². The van der Waals surface area contributed by atoms with Crippen LogP contribution in [0.1, 0.15) is 95.9 Å². The molecule has 0 aromatic heterocycles. The standard InChI is InChI=1S/C33H38O3/c1-22-6-8-23(9-7-22)12-16-26-20-27(21-28-30(26)33(4,5)19-18-32(28,2)3)29(34)17-13-24-10-14-25(15-11-24)31(35)36/h6-11,13-15,17,20-21,29,34H,12,16,18-19H2,1-5H3,(H,35,36). The van der Waals surface area contributed by atoms with Crippen LogP contribution in [0.5, 0.6) is 0 Å². The Balaban J connectivity index is 1.69. The molecule has 0 radical (unpaired) electrons. The SMILES string of the molecule is Cc1ccc(CCc2cc(C(O)C=Cc3ccc(C(=O)O)cc3)cc3c2C(C)(C)CCC3(C)C)cc1. The number of benzene rings is 3. The fourth-order valence-electron chi connectivity index (χ4n) is 5.40. The maximum atomic E-state index is 11.2. The maximum absolute atomic E-state index is 11.2. The highest BCUT2D eigenvalue weighted by Gasteiger charge is 2.39. The largest absolute Gasteiger partial charge is 0.478 e. The van der Waals surface area contributed by atoms with Crippen molar-refractivity contribution in [2.75, 3.05) is 0 Å². The van der Waals surface area contributed by atoms with Gasteiger partial charge < -0.3 is 10.2 Å². The first-order valence-corrected chi connectivity index (χ1v) is 12.9. The van der Waals surface area contributed by atoms with E-state index in [1.54, 1.807) is 30.3 Å². The first kappa shape index (κ1) is 25.9. The van der Waals surface area contributed by atoms with Crippen molar-refractivity contribution in [1.29, 1.82) is 0 Å². The van der Waals surface area contributed by atoms with E-state index in [2.05, 4.69) is 71.0 Å². The van der Waals surface area contributed by atoms with E-state index in [1.807, 2.05) is 6.08 Å². The molecule has 0 saturated carbocycles. The van der Waals surface area contributed by atoms with Gasteiger partial charge in [-0.1, -0.05) is 93.9 Å². The van der Waals surface area contributed by atoms with Gasteiger partial charge >= 0.3 is 5.97 Å². The molecule has 2 N–H and O–H groups in total. The lowest BCUT2D eigenvalue weighted by atomic mass is 9.61. The number of fused-ring (bicyclic) bond motifs is 1. The van der Waals surface area contributed by atoms with Crippen LogP contribution in [0.3, 0.4) is 0 Å². The second-order valence-electron chi connectivity index (χ2n) is 11.6. The predicted molar refractivity (Wildman–Crippen MR) is 148 cm³/mol. The molecule has 0 aliphatic heterocycles. The molecule has 3 heteroatoms. The summed E-state index contributed by atoms with van der Waals surface area (Å²) in [6.07, 6.45) is 7.08. The fraction of sp³-hybridized carbons (Fsp3) is 0.364. The van der Waals surface area contributed by atoms with Crippen LogP contribution < -0.4 is 0 Å². The van der Waals surface area contributed by atoms with Gasteiger partial charge in [0.25, 0.3) is 0 Å². The molecular weight excluding hydrogens is 444 g/mol. The van der Waals surface area contributed by atoms with Crippen molar-refractivity contribution in [2.45, 2.75) is 77.2 Å². The van der Waals surface area contributed by atoms with Gasteiger partial charge in [0.1, 0.15) is 0 Å². The Morgan fingerprint density at radius 3 is 2.19 bits per heavy atom. The fourth-order valence-corrected chi connectivity index (χ4v) is 5.40. The van der Waals surface area contributed by atoms with Crippen LogP contribution in [0.4, 0.5) is 0 Å². The molecule has 0 amide bonds. The molecule has 3 nitrogen and oxygen atoms in total. The van der Waals surface area contributed by atoms with Crippen molar-refractivity contribution in [2.24, 2.45) is 0 Å². The number of carbonyl (C=O) groups is 1. The first-order chi connectivity index (χ1) is 17.0. The van der Waals surface area contributed by atoms with E-state index < -0.39 is 12.1 Å². The number of carboxylic acid groups (broad SMARTS) is 1. The lowest BCUT2D eigenvalue weighted by Gasteiger charge is -2.43. The van der Waals surface area contributed by atoms with Gasteiger partial charge in [0.05, 0.1) is 11.7 Å². The molecule has 36 heavy (non-hydrogen) atoms. The molecule has 188 valence electrons. The molecule has 1 aliphatic rings. The molecule has 4 rings (SSSR count). The summed E-state index contributed by atoms with van der Waals surface area (Å²) in [5.41, 5.74) is 8.92. The van der Waals surface area contributed by atoms with Crippen LogP contribution in [-0.4, -0.2) is 16.2 Å². The number of rotatable bonds is 7. The number of carboxylic acids is 1. The Labute approximate surface area is 215 Å². The Kier molecular flexibility index (Phi) is 7.24. The van der Waals surface area contributed by atoms with E-state index in [4.69, 9.17) is 5.11 Å². The van der Waals surface area contributed by atoms with Crippen LogP contribution in [0.15, 0.2) is 66.7 Å². The van der Waals surface area contributed by atoms with Gasteiger partial charge in [-0.15, -0.1) is 0 Å². The minimum Gasteiger partial charge on any atom is -0.478 e. The summed E-state index contributed by atoms with van der Waals surface area (Å²) >= 11 is 0. The van der Waals surface area contributed by atoms with Crippen molar-refractivity contribution in [1.82, 2.24) is 0 Å². The summed E-state index contributed by atoms with van der Waals surface area (Å²) in [5, 5.41) is 20.3. The predicted octanol–water partition coefficient (Wildman–Crippen LogP) is 7.57. The zero-order valence-electron chi connectivity index (χ0n) is 22.1. The minimum atomic E-state index is -0.941. The highest BCUT2D eigenvalue weighted by atomic mass is 16.4. The van der Waals surface area contributed by atoms with Crippen molar-refractivity contribution < 1.29 is 15.0 Å². The third kappa shape index (κ3) is 5.63. The number of hydrogen-bond donors (Lipinski definition) is 2. The lowest BCUT2D eigenvalue weighted by Crippen LogP contribution is -2.35. The summed E-state index contributed by atoms with van der Waals surface area (Å²) in [7, 11) is 0. The van der Waals surface area contributed by atoms with Crippen molar-refractivity contribution >= 4 is 12.0 Å². The molecule has 1 aliphatic carbocycles.